The van der Waals surface area contributed by atoms with Crippen molar-refractivity contribution in [2.45, 2.75) is 386 Å². The molecule has 0 aromatic heterocycles. The summed E-state index contributed by atoms with van der Waals surface area (Å²) in [4.78, 5) is 38.3. The van der Waals surface area contributed by atoms with Crippen molar-refractivity contribution in [1.82, 2.24) is 0 Å². The number of unbranched alkanes of at least 4 members (excludes halogenated alkanes) is 46. The molecular formula is C73H134O6. The van der Waals surface area contributed by atoms with Crippen LogP contribution in [-0.4, -0.2) is 37.2 Å². The fraction of sp³-hybridized carbons (Fsp3) is 0.849. The maximum atomic E-state index is 12.9. The largest absolute Gasteiger partial charge is 0.462 e. The predicted octanol–water partition coefficient (Wildman–Crippen LogP) is 24.1. The van der Waals surface area contributed by atoms with Crippen molar-refractivity contribution < 1.29 is 28.6 Å². The minimum Gasteiger partial charge on any atom is -0.462 e. The minimum absolute atomic E-state index is 0.0715. The van der Waals surface area contributed by atoms with Gasteiger partial charge in [0.1, 0.15) is 13.2 Å². The molecule has 0 amide bonds. The lowest BCUT2D eigenvalue weighted by Crippen LogP contribution is -2.30. The molecule has 0 saturated heterocycles. The van der Waals surface area contributed by atoms with E-state index in [1.165, 1.54) is 263 Å². The molecule has 0 heterocycles. The molecule has 0 aliphatic rings. The van der Waals surface area contributed by atoms with Gasteiger partial charge in [-0.15, -0.1) is 0 Å². The zero-order chi connectivity index (χ0) is 57.1. The highest BCUT2D eigenvalue weighted by Gasteiger charge is 2.19. The molecule has 79 heavy (non-hydrogen) atoms. The van der Waals surface area contributed by atoms with Crippen LogP contribution in [0.1, 0.15) is 380 Å². The van der Waals surface area contributed by atoms with Gasteiger partial charge in [0.2, 0.25) is 0 Å². The van der Waals surface area contributed by atoms with Crippen LogP contribution in [0.15, 0.2) is 48.6 Å². The SMILES string of the molecule is CCCC/C=C\CCCCCCCC(=O)OCC(COC(=O)CCCCCCCCCCCCCCCC/C=C\C/C=C\C/C=C\CCCCCCC)OC(=O)CCCCCCCCCCCCCCCCCCCCCCC. The van der Waals surface area contributed by atoms with Crippen LogP contribution in [0.3, 0.4) is 0 Å². The van der Waals surface area contributed by atoms with Gasteiger partial charge in [-0.05, 0) is 77.0 Å². The lowest BCUT2D eigenvalue weighted by Gasteiger charge is -2.18. The molecule has 0 aliphatic carbocycles. The molecule has 462 valence electrons. The number of esters is 3. The minimum atomic E-state index is -0.774. The Kier molecular flexibility index (Phi) is 65.6. The highest BCUT2D eigenvalue weighted by molar-refractivity contribution is 5.71. The third-order valence-corrected chi connectivity index (χ3v) is 15.8. The van der Waals surface area contributed by atoms with Crippen molar-refractivity contribution in [1.29, 1.82) is 0 Å². The summed E-state index contributed by atoms with van der Waals surface area (Å²) >= 11 is 0. The van der Waals surface area contributed by atoms with E-state index in [2.05, 4.69) is 69.4 Å². The number of rotatable bonds is 65. The van der Waals surface area contributed by atoms with Crippen LogP contribution in [-0.2, 0) is 28.6 Å². The molecule has 0 aromatic rings. The van der Waals surface area contributed by atoms with E-state index in [9.17, 15) is 14.4 Å². The maximum absolute atomic E-state index is 12.9. The van der Waals surface area contributed by atoms with Crippen LogP contribution in [0.4, 0.5) is 0 Å². The average molecular weight is 1110 g/mol. The molecule has 6 nitrogen and oxygen atoms in total. The summed E-state index contributed by atoms with van der Waals surface area (Å²) in [5, 5.41) is 0. The quantitative estimate of drug-likeness (QED) is 0.0261. The van der Waals surface area contributed by atoms with Crippen LogP contribution in [0, 0.1) is 0 Å². The lowest BCUT2D eigenvalue weighted by atomic mass is 10.0. The van der Waals surface area contributed by atoms with E-state index in [0.717, 1.165) is 77.0 Å². The van der Waals surface area contributed by atoms with Crippen molar-refractivity contribution in [2.24, 2.45) is 0 Å². The average Bonchev–Trinajstić information content (AvgIpc) is 3.45. The van der Waals surface area contributed by atoms with E-state index < -0.39 is 6.10 Å². The first-order valence-corrected chi connectivity index (χ1v) is 35.1. The third-order valence-electron chi connectivity index (χ3n) is 15.8. The predicted molar refractivity (Wildman–Crippen MR) is 344 cm³/mol. The maximum Gasteiger partial charge on any atom is 0.306 e. The standard InChI is InChI=1S/C73H134O6/c1-4-7-10-13-16-19-22-24-26-28-30-32-33-34-35-36-37-38-39-41-42-44-46-48-51-54-57-60-63-66-72(75)78-69-70(68-77-71(74)65-62-59-56-53-50-21-18-15-12-9-6-3)79-73(76)67-64-61-58-55-52-49-47-45-43-40-31-29-27-25-23-20-17-14-11-8-5-2/h15,18,22,24,28,30,33-34,70H,4-14,16-17,19-21,23,25-27,29,31-32,35-69H2,1-3H3/b18-15-,24-22-,30-28-,34-33-. The van der Waals surface area contributed by atoms with Gasteiger partial charge in [0.25, 0.3) is 0 Å². The molecule has 0 spiro atoms. The van der Waals surface area contributed by atoms with Gasteiger partial charge in [-0.3, -0.25) is 14.4 Å². The summed E-state index contributed by atoms with van der Waals surface area (Å²) in [6.07, 6.45) is 85.7. The molecule has 1 atom stereocenters. The van der Waals surface area contributed by atoms with Gasteiger partial charge in [-0.25, -0.2) is 0 Å². The first kappa shape index (κ1) is 76.4. The summed E-state index contributed by atoms with van der Waals surface area (Å²) in [5.41, 5.74) is 0. The summed E-state index contributed by atoms with van der Waals surface area (Å²) in [6.45, 7) is 6.65. The highest BCUT2D eigenvalue weighted by Crippen LogP contribution is 2.18. The second-order valence-corrected chi connectivity index (χ2v) is 23.8. The van der Waals surface area contributed by atoms with Crippen molar-refractivity contribution in [3.8, 4) is 0 Å². The second-order valence-electron chi connectivity index (χ2n) is 23.8. The summed E-state index contributed by atoms with van der Waals surface area (Å²) in [5.74, 6) is -0.857. The number of ether oxygens (including phenoxy) is 3. The normalized spacial score (nSPS) is 12.3. The zero-order valence-electron chi connectivity index (χ0n) is 53.2. The highest BCUT2D eigenvalue weighted by atomic mass is 16.6. The van der Waals surface area contributed by atoms with Gasteiger partial charge in [0.15, 0.2) is 6.10 Å². The summed E-state index contributed by atoms with van der Waals surface area (Å²) < 4.78 is 17.0. The molecule has 0 fully saturated rings. The van der Waals surface area contributed by atoms with Gasteiger partial charge in [0, 0.05) is 19.3 Å². The molecule has 0 aromatic carbocycles. The Morgan fingerprint density at radius 2 is 0.468 bits per heavy atom. The number of hydrogen-bond donors (Lipinski definition) is 0. The van der Waals surface area contributed by atoms with Crippen molar-refractivity contribution in [3.63, 3.8) is 0 Å². The number of carbonyl (C=O) groups is 3. The second kappa shape index (κ2) is 67.9. The fourth-order valence-corrected chi connectivity index (χ4v) is 10.5. The van der Waals surface area contributed by atoms with E-state index in [4.69, 9.17) is 14.2 Å². The van der Waals surface area contributed by atoms with Crippen molar-refractivity contribution in [3.05, 3.63) is 48.6 Å². The Hall–Kier alpha value is -2.63. The molecule has 6 heteroatoms. The Morgan fingerprint density at radius 1 is 0.253 bits per heavy atom. The van der Waals surface area contributed by atoms with Crippen LogP contribution < -0.4 is 0 Å². The number of allylic oxidation sites excluding steroid dienone is 8. The zero-order valence-corrected chi connectivity index (χ0v) is 53.2. The molecule has 0 bridgehead atoms. The Balaban J connectivity index is 4.17. The van der Waals surface area contributed by atoms with Crippen molar-refractivity contribution in [2.75, 3.05) is 13.2 Å². The monoisotopic (exact) mass is 1110 g/mol. The smallest absolute Gasteiger partial charge is 0.306 e. The molecule has 0 N–H and O–H groups in total. The molecule has 0 radical (unpaired) electrons. The van der Waals surface area contributed by atoms with Crippen LogP contribution in [0.25, 0.3) is 0 Å². The van der Waals surface area contributed by atoms with Gasteiger partial charge in [-0.1, -0.05) is 333 Å². The molecule has 0 saturated carbocycles. The summed E-state index contributed by atoms with van der Waals surface area (Å²) in [6, 6.07) is 0. The van der Waals surface area contributed by atoms with Crippen LogP contribution >= 0.6 is 0 Å². The van der Waals surface area contributed by atoms with Crippen molar-refractivity contribution >= 4 is 17.9 Å². The van der Waals surface area contributed by atoms with Gasteiger partial charge in [-0.2, -0.15) is 0 Å². The number of hydrogen-bond acceptors (Lipinski definition) is 6. The van der Waals surface area contributed by atoms with E-state index in [1.807, 2.05) is 0 Å². The van der Waals surface area contributed by atoms with E-state index >= 15 is 0 Å². The molecule has 0 rings (SSSR count). The van der Waals surface area contributed by atoms with Gasteiger partial charge >= 0.3 is 17.9 Å². The molecule has 0 aliphatic heterocycles. The fourth-order valence-electron chi connectivity index (χ4n) is 10.5. The Morgan fingerprint density at radius 3 is 0.759 bits per heavy atom. The van der Waals surface area contributed by atoms with E-state index in [-0.39, 0.29) is 31.1 Å². The van der Waals surface area contributed by atoms with Gasteiger partial charge < -0.3 is 14.2 Å². The topological polar surface area (TPSA) is 78.9 Å². The third kappa shape index (κ3) is 66.1. The van der Waals surface area contributed by atoms with E-state index in [0.29, 0.717) is 19.3 Å². The Labute approximate surface area is 492 Å². The van der Waals surface area contributed by atoms with Gasteiger partial charge in [0.05, 0.1) is 0 Å². The number of carbonyl (C=O) groups excluding carboxylic acids is 3. The Bertz CT molecular complexity index is 1360. The van der Waals surface area contributed by atoms with Crippen LogP contribution in [0.2, 0.25) is 0 Å². The first-order valence-electron chi connectivity index (χ1n) is 35.1. The first-order chi connectivity index (χ1) is 39.0. The lowest BCUT2D eigenvalue weighted by molar-refractivity contribution is -0.167. The molecular weight excluding hydrogens is 973 g/mol. The van der Waals surface area contributed by atoms with E-state index in [1.54, 1.807) is 0 Å². The van der Waals surface area contributed by atoms with Crippen LogP contribution in [0.5, 0.6) is 0 Å². The summed E-state index contributed by atoms with van der Waals surface area (Å²) in [7, 11) is 0. The molecule has 1 unspecified atom stereocenters.